The summed E-state index contributed by atoms with van der Waals surface area (Å²) >= 11 is 0. The number of hydrogen-bond donors (Lipinski definition) is 3. The maximum absolute atomic E-state index is 9.32. The lowest BCUT2D eigenvalue weighted by Gasteiger charge is -2.22. The summed E-state index contributed by atoms with van der Waals surface area (Å²) < 4.78 is 4.61. The van der Waals surface area contributed by atoms with Crippen LogP contribution in [0.3, 0.4) is 0 Å². The normalized spacial score (nSPS) is 11.8. The number of nitrogens with two attached hydrogens (primary N) is 1. The summed E-state index contributed by atoms with van der Waals surface area (Å²) in [5.41, 5.74) is 22.1. The van der Waals surface area contributed by atoms with E-state index in [2.05, 4.69) is 225 Å². The van der Waals surface area contributed by atoms with Gasteiger partial charge in [0.1, 0.15) is 11.7 Å². The molecule has 0 saturated heterocycles. The van der Waals surface area contributed by atoms with Crippen molar-refractivity contribution in [2.75, 3.05) is 11.1 Å². The third kappa shape index (κ3) is 9.01. The van der Waals surface area contributed by atoms with Gasteiger partial charge in [0.05, 0.1) is 16.7 Å². The third-order valence-corrected chi connectivity index (χ3v) is 12.6. The largest absolute Gasteiger partial charge is 0.398 e. The number of rotatable bonds is 11. The first-order chi connectivity index (χ1) is 30.6. The fourth-order valence-corrected chi connectivity index (χ4v) is 9.18. The third-order valence-electron chi connectivity index (χ3n) is 12.6. The predicted octanol–water partition coefficient (Wildman–Crippen LogP) is 16.1. The van der Waals surface area contributed by atoms with Crippen molar-refractivity contribution in [3.05, 3.63) is 173 Å². The molecule has 0 unspecified atom stereocenters. The molecule has 330 valence electrons. The quantitative estimate of drug-likeness (QED) is 0.0688. The van der Waals surface area contributed by atoms with Crippen LogP contribution in [0.5, 0.6) is 0 Å². The molecule has 0 aliphatic carbocycles. The molecule has 8 aromatic rings. The lowest BCUT2D eigenvalue weighted by Crippen LogP contribution is -2.16. The highest BCUT2D eigenvalue weighted by Crippen LogP contribution is 2.38. The Labute approximate surface area is 382 Å². The van der Waals surface area contributed by atoms with E-state index in [0.29, 0.717) is 41.3 Å². The van der Waals surface area contributed by atoms with Gasteiger partial charge in [-0.05, 0) is 93.2 Å². The van der Waals surface area contributed by atoms with Crippen LogP contribution in [-0.2, 0) is 0 Å². The first-order valence-electron chi connectivity index (χ1n) is 23.3. The molecule has 0 saturated carbocycles. The number of fused-ring (bicyclic) bond motifs is 3. The number of amidine groups is 1. The number of nitrogens with one attached hydrogen (secondary N) is 2. The Bertz CT molecular complexity index is 2840. The molecule has 6 nitrogen and oxygen atoms in total. The molecule has 0 spiro atoms. The molecule has 0 atom stereocenters. The van der Waals surface area contributed by atoms with E-state index in [1.807, 2.05) is 6.20 Å². The zero-order valence-electron chi connectivity index (χ0n) is 40.1. The second-order valence-corrected chi connectivity index (χ2v) is 19.1. The van der Waals surface area contributed by atoms with E-state index in [0.717, 1.165) is 50.4 Å². The van der Waals surface area contributed by atoms with E-state index in [1.165, 1.54) is 44.5 Å². The molecule has 6 aromatic carbocycles. The molecule has 6 heteroatoms. The number of aromatic nitrogens is 3. The highest BCUT2D eigenvalue weighted by molar-refractivity contribution is 6.13. The molecule has 0 radical (unpaired) electrons. The summed E-state index contributed by atoms with van der Waals surface area (Å²) in [5.74, 6) is 3.75. The number of nitrogens with zero attached hydrogens (tertiary/aromatic N) is 3. The maximum atomic E-state index is 9.32. The zero-order valence-corrected chi connectivity index (χ0v) is 40.1. The van der Waals surface area contributed by atoms with Gasteiger partial charge >= 0.3 is 0 Å². The van der Waals surface area contributed by atoms with Gasteiger partial charge in [0.25, 0.3) is 0 Å². The van der Waals surface area contributed by atoms with Gasteiger partial charge in [-0.3, -0.25) is 9.98 Å². The molecule has 0 aliphatic rings. The number of imidazole rings is 1. The van der Waals surface area contributed by atoms with Crippen LogP contribution < -0.4 is 11.1 Å². The minimum absolute atomic E-state index is 0.336. The van der Waals surface area contributed by atoms with Gasteiger partial charge in [-0.15, -0.1) is 0 Å². The smallest absolute Gasteiger partial charge is 0.144 e. The number of anilines is 2. The lowest BCUT2D eigenvalue weighted by atomic mass is 9.92. The van der Waals surface area contributed by atoms with Crippen LogP contribution in [0, 0.1) is 5.41 Å². The van der Waals surface area contributed by atoms with Crippen molar-refractivity contribution in [1.82, 2.24) is 14.1 Å². The summed E-state index contributed by atoms with van der Waals surface area (Å²) in [6.07, 6.45) is 4.01. The Morgan fingerprint density at radius 2 is 1.03 bits per heavy atom. The van der Waals surface area contributed by atoms with Gasteiger partial charge in [-0.1, -0.05) is 180 Å². The van der Waals surface area contributed by atoms with Crippen molar-refractivity contribution in [2.24, 2.45) is 0 Å². The Hall–Kier alpha value is -6.40. The molecule has 2 heterocycles. The van der Waals surface area contributed by atoms with Crippen LogP contribution in [0.2, 0.25) is 0 Å². The number of nitrogen functional groups attached to an aromatic ring is 1. The van der Waals surface area contributed by atoms with Gasteiger partial charge < -0.3 is 15.6 Å². The molecule has 0 fully saturated rings. The maximum Gasteiger partial charge on any atom is 0.144 e. The molecule has 0 aliphatic heterocycles. The van der Waals surface area contributed by atoms with Crippen LogP contribution in [-0.4, -0.2) is 20.0 Å². The molecular formula is C58H68N6. The highest BCUT2D eigenvalue weighted by Gasteiger charge is 2.21. The van der Waals surface area contributed by atoms with Crippen LogP contribution in [0.1, 0.15) is 158 Å². The number of benzene rings is 6. The average molecular weight is 849 g/mol. The molecule has 64 heavy (non-hydrogen) atoms. The molecule has 4 N–H and O–H groups in total. The van der Waals surface area contributed by atoms with Gasteiger partial charge in [-0.25, -0.2) is 4.98 Å². The second-order valence-electron chi connectivity index (χ2n) is 19.1. The first-order valence-corrected chi connectivity index (χ1v) is 23.3. The Balaban J connectivity index is 0.000000406. The molecule has 8 rings (SSSR count). The first kappa shape index (κ1) is 45.6. The molecule has 2 aromatic heterocycles. The highest BCUT2D eigenvalue weighted by atomic mass is 15.1. The van der Waals surface area contributed by atoms with E-state index in [-0.39, 0.29) is 0 Å². The summed E-state index contributed by atoms with van der Waals surface area (Å²) in [4.78, 5) is 4.94. The van der Waals surface area contributed by atoms with Crippen molar-refractivity contribution in [1.29, 1.82) is 5.41 Å². The van der Waals surface area contributed by atoms with Gasteiger partial charge in [-0.2, -0.15) is 0 Å². The Morgan fingerprint density at radius 1 is 0.531 bits per heavy atom. The SMILES string of the molecule is CC(C)c1cccc(C(C)C)c1N.CC(C)c1cccc(C(C)C)c1NC(=N)c1ccc2c3ccccc3n(-c3cccc(-c4nccn4-c4c(C(C)C)cccc4C(C)C)c3)c2c1. The summed E-state index contributed by atoms with van der Waals surface area (Å²) in [5, 5.41) is 15.2. The minimum atomic E-state index is 0.336. The van der Waals surface area contributed by atoms with E-state index in [4.69, 9.17) is 10.7 Å². The standard InChI is InChI=1S/C46H49N5.C12H19N/c1-28(2)35-17-12-18-36(29(3)4)43(35)49-45(47)32-22-23-40-39-16-9-10-21-41(39)51(42(40)27-32)34-15-11-14-33(26-34)46-48-24-25-50(46)44-37(30(5)6)19-13-20-38(44)31(7)8;1-8(2)10-6-5-7-11(9(3)4)12(10)13/h9-31H,1-8H3,(H2,47,49);5-9H,13H2,1-4H3. The predicted molar refractivity (Wildman–Crippen MR) is 276 cm³/mol. The van der Waals surface area contributed by atoms with E-state index in [1.54, 1.807) is 0 Å². The van der Waals surface area contributed by atoms with E-state index >= 15 is 0 Å². The number of hydrogen-bond acceptors (Lipinski definition) is 3. The summed E-state index contributed by atoms with van der Waals surface area (Å²) in [6.45, 7) is 26.6. The topological polar surface area (TPSA) is 84.7 Å². The molecule has 0 bridgehead atoms. The van der Waals surface area contributed by atoms with E-state index < -0.39 is 0 Å². The van der Waals surface area contributed by atoms with Crippen molar-refractivity contribution >= 4 is 39.0 Å². The monoisotopic (exact) mass is 849 g/mol. The second kappa shape index (κ2) is 19.1. The van der Waals surface area contributed by atoms with Crippen LogP contribution in [0.4, 0.5) is 11.4 Å². The summed E-state index contributed by atoms with van der Waals surface area (Å²) in [7, 11) is 0. The number of para-hydroxylation sites is 4. The molecule has 0 amide bonds. The van der Waals surface area contributed by atoms with Crippen LogP contribution in [0.25, 0.3) is 44.6 Å². The average Bonchev–Trinajstić information content (AvgIpc) is 3.89. The van der Waals surface area contributed by atoms with E-state index in [9.17, 15) is 5.41 Å². The van der Waals surface area contributed by atoms with Crippen LogP contribution >= 0.6 is 0 Å². The summed E-state index contributed by atoms with van der Waals surface area (Å²) in [6, 6.07) is 43.2. The van der Waals surface area contributed by atoms with Crippen molar-refractivity contribution in [3.8, 4) is 22.8 Å². The lowest BCUT2D eigenvalue weighted by molar-refractivity contribution is 0.806. The fraction of sp³-hybridized carbons (Fsp3) is 0.310. The fourth-order valence-electron chi connectivity index (χ4n) is 9.18. The van der Waals surface area contributed by atoms with Crippen molar-refractivity contribution in [2.45, 2.75) is 119 Å². The van der Waals surface area contributed by atoms with Crippen LogP contribution in [0.15, 0.2) is 134 Å². The van der Waals surface area contributed by atoms with Crippen molar-refractivity contribution < 1.29 is 0 Å². The van der Waals surface area contributed by atoms with Gasteiger partial charge in [0, 0.05) is 51.4 Å². The minimum Gasteiger partial charge on any atom is -0.398 e. The van der Waals surface area contributed by atoms with Gasteiger partial charge in [0.2, 0.25) is 0 Å². The Kier molecular flexibility index (Phi) is 13.6. The Morgan fingerprint density at radius 3 is 1.59 bits per heavy atom. The molecular weight excluding hydrogens is 781 g/mol. The zero-order chi connectivity index (χ0) is 46.0. The van der Waals surface area contributed by atoms with Gasteiger partial charge in [0.15, 0.2) is 0 Å². The van der Waals surface area contributed by atoms with Crippen molar-refractivity contribution in [3.63, 3.8) is 0 Å².